The highest BCUT2D eigenvalue weighted by Crippen LogP contribution is 2.44. The van der Waals surface area contributed by atoms with Gasteiger partial charge in [-0.2, -0.15) is 4.98 Å². The van der Waals surface area contributed by atoms with Crippen molar-refractivity contribution >= 4 is 48.6 Å². The van der Waals surface area contributed by atoms with Crippen molar-refractivity contribution in [2.45, 2.75) is 6.42 Å². The Kier molecular flexibility index (Phi) is 8.96. The highest BCUT2D eigenvalue weighted by molar-refractivity contribution is 5.90. The van der Waals surface area contributed by atoms with Gasteiger partial charge in [0.25, 0.3) is 0 Å². The predicted molar refractivity (Wildman–Crippen MR) is 116 cm³/mol. The van der Waals surface area contributed by atoms with Gasteiger partial charge in [-0.15, -0.1) is 24.8 Å². The summed E-state index contributed by atoms with van der Waals surface area (Å²) in [4.78, 5) is 19.6. The van der Waals surface area contributed by atoms with Crippen molar-refractivity contribution in [1.29, 1.82) is 0 Å². The molecule has 0 aliphatic carbocycles. The summed E-state index contributed by atoms with van der Waals surface area (Å²) >= 11 is 0. The van der Waals surface area contributed by atoms with Crippen LogP contribution in [-0.4, -0.2) is 43.2 Å². The molecule has 0 saturated heterocycles. The zero-order valence-electron chi connectivity index (χ0n) is 15.9. The van der Waals surface area contributed by atoms with Crippen LogP contribution >= 0.6 is 24.8 Å². The zero-order chi connectivity index (χ0) is 19.4. The molecule has 0 unspecified atom stereocenters. The molecule has 0 fully saturated rings. The van der Waals surface area contributed by atoms with Crippen molar-refractivity contribution in [1.82, 2.24) is 9.97 Å². The van der Waals surface area contributed by atoms with E-state index in [0.29, 0.717) is 35.8 Å². The summed E-state index contributed by atoms with van der Waals surface area (Å²) < 4.78 is 16.6. The number of ether oxygens (including phenoxy) is 3. The van der Waals surface area contributed by atoms with Crippen molar-refractivity contribution in [3.8, 4) is 17.2 Å². The number of amides is 1. The van der Waals surface area contributed by atoms with E-state index in [1.807, 2.05) is 18.2 Å². The Labute approximate surface area is 180 Å². The van der Waals surface area contributed by atoms with Gasteiger partial charge in [0, 0.05) is 23.7 Å². The van der Waals surface area contributed by atoms with Crippen LogP contribution in [0.3, 0.4) is 0 Å². The summed E-state index contributed by atoms with van der Waals surface area (Å²) in [6.45, 7) is 0.298. The number of nitrogen functional groups attached to an aromatic ring is 1. The Bertz CT molecular complexity index is 908. The molecule has 0 bridgehead atoms. The lowest BCUT2D eigenvalue weighted by molar-refractivity contribution is -0.114. The Morgan fingerprint density at radius 1 is 1.28 bits per heavy atom. The number of aromatic nitrogens is 2. The number of benzene rings is 1. The molecule has 1 aliphatic heterocycles. The number of carbonyl (C=O) groups is 1. The van der Waals surface area contributed by atoms with Gasteiger partial charge in [-0.05, 0) is 17.7 Å². The van der Waals surface area contributed by atoms with Crippen LogP contribution in [0.1, 0.15) is 16.7 Å². The number of hydrogen-bond acceptors (Lipinski definition) is 8. The van der Waals surface area contributed by atoms with Crippen LogP contribution in [0.2, 0.25) is 0 Å². The average Bonchev–Trinajstić information content (AvgIpc) is 2.69. The van der Waals surface area contributed by atoms with E-state index in [0.717, 1.165) is 11.1 Å². The summed E-state index contributed by atoms with van der Waals surface area (Å²) in [6.07, 6.45) is 5.92. The van der Waals surface area contributed by atoms with Crippen LogP contribution in [0, 0.1) is 0 Å². The van der Waals surface area contributed by atoms with Gasteiger partial charge in [0.1, 0.15) is 12.4 Å². The van der Waals surface area contributed by atoms with Crippen molar-refractivity contribution in [3.63, 3.8) is 0 Å². The van der Waals surface area contributed by atoms with Gasteiger partial charge < -0.3 is 25.7 Å². The quantitative estimate of drug-likeness (QED) is 0.614. The number of nitrogens with zero attached hydrogens (tertiary/aromatic N) is 2. The van der Waals surface area contributed by atoms with Gasteiger partial charge in [0.05, 0.1) is 20.8 Å². The minimum Gasteiger partial charge on any atom is -0.493 e. The maximum atomic E-state index is 11.4. The number of halogens is 2. The molecule has 2 heterocycles. The molecule has 3 rings (SSSR count). The van der Waals surface area contributed by atoms with Crippen LogP contribution in [-0.2, 0) is 11.2 Å². The number of anilines is 2. The van der Waals surface area contributed by atoms with Gasteiger partial charge in [-0.1, -0.05) is 6.08 Å². The Hall–Kier alpha value is -2.75. The fourth-order valence-electron chi connectivity index (χ4n) is 2.79. The molecule has 0 radical (unpaired) electrons. The number of methoxy groups -OCH3 is 2. The third kappa shape index (κ3) is 5.20. The van der Waals surface area contributed by atoms with Gasteiger partial charge >= 0.3 is 0 Å². The first-order chi connectivity index (χ1) is 13.1. The second-order valence-electron chi connectivity index (χ2n) is 5.76. The lowest BCUT2D eigenvalue weighted by Crippen LogP contribution is -2.23. The molecule has 0 spiro atoms. The zero-order valence-corrected chi connectivity index (χ0v) is 17.6. The second-order valence-corrected chi connectivity index (χ2v) is 5.76. The molecule has 9 nitrogen and oxygen atoms in total. The van der Waals surface area contributed by atoms with E-state index >= 15 is 0 Å². The van der Waals surface area contributed by atoms with E-state index in [-0.39, 0.29) is 43.1 Å². The average molecular weight is 444 g/mol. The topological polar surface area (TPSA) is 135 Å². The number of rotatable bonds is 6. The largest absolute Gasteiger partial charge is 0.493 e. The number of hydrogen-bond donors (Lipinski definition) is 3. The van der Waals surface area contributed by atoms with Crippen LogP contribution in [0.4, 0.5) is 11.8 Å². The highest BCUT2D eigenvalue weighted by Gasteiger charge is 2.22. The smallest absolute Gasteiger partial charge is 0.240 e. The standard InChI is InChI=1S/C18H21N5O4.2ClH/c1-25-13-7-10(12-4-3-5-27-15(12)16(13)26-2)6-11-9-21-18(23-17(11)20)22-14(24)8-19;;/h3-4,7,9H,5-6,8,19H2,1-2H3,(H3,20,21,22,23,24);2*1H. The highest BCUT2D eigenvalue weighted by atomic mass is 35.5. The summed E-state index contributed by atoms with van der Waals surface area (Å²) in [5.74, 6) is 1.72. The Morgan fingerprint density at radius 3 is 2.66 bits per heavy atom. The summed E-state index contributed by atoms with van der Waals surface area (Å²) in [7, 11) is 3.14. The molecule has 1 aromatic carbocycles. The molecular formula is C18H23Cl2N5O4. The lowest BCUT2D eigenvalue weighted by Gasteiger charge is -2.21. The minimum absolute atomic E-state index is 0. The SMILES string of the molecule is COc1cc(Cc2cnc(NC(=O)CN)nc2N)c2c(c1OC)OCC=C2.Cl.Cl. The minimum atomic E-state index is -0.390. The first-order valence-corrected chi connectivity index (χ1v) is 8.25. The molecule has 1 amide bonds. The summed E-state index contributed by atoms with van der Waals surface area (Å²) in [5.41, 5.74) is 13.8. The molecule has 0 saturated carbocycles. The molecule has 1 aliphatic rings. The van der Waals surface area contributed by atoms with Crippen molar-refractivity contribution < 1.29 is 19.0 Å². The molecule has 1 aromatic heterocycles. The fourth-order valence-corrected chi connectivity index (χ4v) is 2.79. The molecule has 0 atom stereocenters. The van der Waals surface area contributed by atoms with Crippen LogP contribution in [0.25, 0.3) is 6.08 Å². The normalized spacial score (nSPS) is 11.3. The van der Waals surface area contributed by atoms with E-state index in [1.54, 1.807) is 20.4 Å². The van der Waals surface area contributed by atoms with Crippen LogP contribution in [0.15, 0.2) is 18.3 Å². The summed E-state index contributed by atoms with van der Waals surface area (Å²) in [6, 6.07) is 1.88. The lowest BCUT2D eigenvalue weighted by atomic mass is 9.97. The van der Waals surface area contributed by atoms with Crippen LogP contribution in [0.5, 0.6) is 17.2 Å². The number of fused-ring (bicyclic) bond motifs is 1. The van der Waals surface area contributed by atoms with Gasteiger partial charge in [0.2, 0.25) is 17.6 Å². The first kappa shape index (κ1) is 24.3. The number of nitrogens with two attached hydrogens (primary N) is 2. The molecule has 11 heteroatoms. The fraction of sp³-hybridized carbons (Fsp3) is 0.278. The predicted octanol–water partition coefficient (Wildman–Crippen LogP) is 1.81. The third-order valence-corrected chi connectivity index (χ3v) is 4.07. The van der Waals surface area contributed by atoms with E-state index in [2.05, 4.69) is 15.3 Å². The Morgan fingerprint density at radius 2 is 2.03 bits per heavy atom. The molecule has 5 N–H and O–H groups in total. The molecule has 158 valence electrons. The first-order valence-electron chi connectivity index (χ1n) is 8.25. The van der Waals surface area contributed by atoms with Gasteiger partial charge in [-0.3, -0.25) is 10.1 Å². The molecule has 29 heavy (non-hydrogen) atoms. The number of carbonyl (C=O) groups excluding carboxylic acids is 1. The maximum Gasteiger partial charge on any atom is 0.240 e. The summed E-state index contributed by atoms with van der Waals surface area (Å²) in [5, 5.41) is 2.47. The maximum absolute atomic E-state index is 11.4. The molecule has 2 aromatic rings. The third-order valence-electron chi connectivity index (χ3n) is 4.07. The van der Waals surface area contributed by atoms with E-state index in [1.165, 1.54) is 0 Å². The van der Waals surface area contributed by atoms with E-state index in [9.17, 15) is 4.79 Å². The monoisotopic (exact) mass is 443 g/mol. The van der Waals surface area contributed by atoms with Gasteiger partial charge in [-0.25, -0.2) is 4.98 Å². The number of nitrogens with one attached hydrogen (secondary N) is 1. The molecular weight excluding hydrogens is 421 g/mol. The van der Waals surface area contributed by atoms with Crippen molar-refractivity contribution in [3.05, 3.63) is 35.0 Å². The Balaban J connectivity index is 0.00000210. The van der Waals surface area contributed by atoms with E-state index in [4.69, 9.17) is 25.7 Å². The van der Waals surface area contributed by atoms with Crippen LogP contribution < -0.4 is 31.0 Å². The van der Waals surface area contributed by atoms with Gasteiger partial charge in [0.15, 0.2) is 11.5 Å². The second kappa shape index (κ2) is 10.7. The van der Waals surface area contributed by atoms with Crippen molar-refractivity contribution in [2.24, 2.45) is 5.73 Å². The van der Waals surface area contributed by atoms with Crippen molar-refractivity contribution in [2.75, 3.05) is 38.4 Å². The van der Waals surface area contributed by atoms with E-state index < -0.39 is 5.91 Å².